The van der Waals surface area contributed by atoms with Gasteiger partial charge in [0.25, 0.3) is 10.0 Å². The third kappa shape index (κ3) is 5.85. The zero-order chi connectivity index (χ0) is 20.1. The molecule has 2 heterocycles. The van der Waals surface area contributed by atoms with Crippen LogP contribution in [0, 0.1) is 0 Å². The van der Waals surface area contributed by atoms with Gasteiger partial charge >= 0.3 is 0 Å². The minimum absolute atomic E-state index is 0.233. The van der Waals surface area contributed by atoms with Crippen LogP contribution in [0.4, 0.5) is 0 Å². The molecule has 1 fully saturated rings. The van der Waals surface area contributed by atoms with Crippen molar-refractivity contribution in [2.45, 2.75) is 43.1 Å². The van der Waals surface area contributed by atoms with E-state index in [4.69, 9.17) is 0 Å². The Morgan fingerprint density at radius 3 is 2.63 bits per heavy atom. The Morgan fingerprint density at radius 2 is 2.04 bits per heavy atom. The van der Waals surface area contributed by atoms with Crippen LogP contribution in [0.1, 0.15) is 32.6 Å². The van der Waals surface area contributed by atoms with E-state index in [1.165, 1.54) is 15.6 Å². The van der Waals surface area contributed by atoms with E-state index in [2.05, 4.69) is 29.1 Å². The van der Waals surface area contributed by atoms with Crippen LogP contribution in [0.25, 0.3) is 0 Å². The lowest BCUT2D eigenvalue weighted by Crippen LogP contribution is -2.51. The van der Waals surface area contributed by atoms with Gasteiger partial charge in [-0.15, -0.1) is 11.3 Å². The molecule has 0 spiro atoms. The molecule has 0 bridgehead atoms. The van der Waals surface area contributed by atoms with Crippen molar-refractivity contribution in [3.8, 4) is 0 Å². The van der Waals surface area contributed by atoms with E-state index in [1.807, 2.05) is 38.7 Å². The second kappa shape index (κ2) is 9.62. The highest BCUT2D eigenvalue weighted by atomic mass is 32.2. The molecule has 1 aliphatic rings. The van der Waals surface area contributed by atoms with E-state index < -0.39 is 10.0 Å². The van der Waals surface area contributed by atoms with Gasteiger partial charge in [0.2, 0.25) is 0 Å². The van der Waals surface area contributed by atoms with E-state index in [0.717, 1.165) is 42.6 Å². The van der Waals surface area contributed by atoms with Crippen LogP contribution in [0.2, 0.25) is 0 Å². The number of aliphatic imine (C=N–C) groups is 1. The average Bonchev–Trinajstić information content (AvgIpc) is 3.08. The first kappa shape index (κ1) is 22.5. The van der Waals surface area contributed by atoms with Gasteiger partial charge < -0.3 is 10.2 Å². The molecular weight excluding hydrogens is 400 g/mol. The minimum Gasteiger partial charge on any atom is -0.356 e. The molecule has 1 aromatic heterocycles. The van der Waals surface area contributed by atoms with E-state index in [9.17, 15) is 8.42 Å². The summed E-state index contributed by atoms with van der Waals surface area (Å²) in [5, 5.41) is 3.43. The molecule has 1 N–H and O–H groups in total. The smallest absolute Gasteiger partial charge is 0.252 e. The summed E-state index contributed by atoms with van der Waals surface area (Å²) in [5.74, 6) is 2.03. The van der Waals surface area contributed by atoms with Gasteiger partial charge in [-0.2, -0.15) is 16.1 Å². The number of nitrogens with one attached hydrogen (secondary N) is 1. The molecule has 0 amide bonds. The van der Waals surface area contributed by atoms with Crippen molar-refractivity contribution in [3.63, 3.8) is 0 Å². The van der Waals surface area contributed by atoms with Gasteiger partial charge in [0.05, 0.1) is 0 Å². The lowest BCUT2D eigenvalue weighted by molar-refractivity contribution is 0.376. The monoisotopic (exact) mass is 432 g/mol. The fourth-order valence-electron chi connectivity index (χ4n) is 3.15. The van der Waals surface area contributed by atoms with Gasteiger partial charge in [-0.25, -0.2) is 8.42 Å². The molecule has 6 nitrogen and oxygen atoms in total. The number of rotatable bonds is 7. The van der Waals surface area contributed by atoms with Crippen molar-refractivity contribution < 1.29 is 8.42 Å². The van der Waals surface area contributed by atoms with Crippen LogP contribution >= 0.6 is 23.1 Å². The zero-order valence-electron chi connectivity index (χ0n) is 17.0. The van der Waals surface area contributed by atoms with E-state index in [1.54, 1.807) is 6.07 Å². The number of guanidine groups is 1. The number of thioether (sulfide) groups is 1. The van der Waals surface area contributed by atoms with Crippen molar-refractivity contribution in [1.29, 1.82) is 0 Å². The highest BCUT2D eigenvalue weighted by Crippen LogP contribution is 2.29. The van der Waals surface area contributed by atoms with Crippen LogP contribution < -0.4 is 5.32 Å². The number of sulfonamides is 1. The molecule has 1 aromatic rings. The lowest BCUT2D eigenvalue weighted by atomic mass is 10.2. The van der Waals surface area contributed by atoms with Crippen LogP contribution in [0.3, 0.4) is 0 Å². The lowest BCUT2D eigenvalue weighted by Gasteiger charge is -2.39. The van der Waals surface area contributed by atoms with Crippen LogP contribution in [-0.2, 0) is 16.4 Å². The topological polar surface area (TPSA) is 65.0 Å². The van der Waals surface area contributed by atoms with Gasteiger partial charge in [0.1, 0.15) is 4.21 Å². The van der Waals surface area contributed by atoms with Crippen LogP contribution in [0.15, 0.2) is 21.3 Å². The summed E-state index contributed by atoms with van der Waals surface area (Å²) in [7, 11) is -1.54. The zero-order valence-corrected chi connectivity index (χ0v) is 19.4. The molecular formula is C18H32N4O2S3. The summed E-state index contributed by atoms with van der Waals surface area (Å²) in [6.45, 7) is 12.0. The molecule has 154 valence electrons. The summed E-state index contributed by atoms with van der Waals surface area (Å²) in [6, 6.07) is 3.65. The Kier molecular flexibility index (Phi) is 8.03. The van der Waals surface area contributed by atoms with E-state index >= 15 is 0 Å². The standard InChI is InChI=1S/C18H32N4O2S3/c1-6-22(7-2)27(23,24)16-9-8-15(26-16)10-11-20-17(19-5)21-12-13-25-18(3,4)14-21/h8-9H,6-7,10-14H2,1-5H3,(H,19,20). The molecule has 1 aliphatic heterocycles. The largest absolute Gasteiger partial charge is 0.356 e. The maximum atomic E-state index is 12.6. The van der Waals surface area contributed by atoms with Crippen molar-refractivity contribution in [3.05, 3.63) is 17.0 Å². The average molecular weight is 433 g/mol. The fraction of sp³-hybridized carbons (Fsp3) is 0.722. The molecule has 0 radical (unpaired) electrons. The van der Waals surface area contributed by atoms with E-state index in [-0.39, 0.29) is 4.75 Å². The Bertz CT molecular complexity index is 740. The SMILES string of the molecule is CCN(CC)S(=O)(=O)c1ccc(CCNC(=NC)N2CCSC(C)(C)C2)s1. The molecule has 9 heteroatoms. The normalized spacial score (nSPS) is 18.1. The van der Waals surface area contributed by atoms with Gasteiger partial charge in [-0.3, -0.25) is 4.99 Å². The predicted octanol–water partition coefficient (Wildman–Crippen LogP) is 2.72. The van der Waals surface area contributed by atoms with Crippen molar-refractivity contribution in [1.82, 2.24) is 14.5 Å². The number of thiophene rings is 1. The molecule has 1 saturated heterocycles. The van der Waals surface area contributed by atoms with Gasteiger partial charge in [0, 0.05) is 55.1 Å². The summed E-state index contributed by atoms with van der Waals surface area (Å²) < 4.78 is 27.4. The quantitative estimate of drug-likeness (QED) is 0.530. The minimum atomic E-state index is -3.36. The molecule has 0 aliphatic carbocycles. The number of nitrogens with zero attached hydrogens (tertiary/aromatic N) is 3. The molecule has 2 rings (SSSR count). The highest BCUT2D eigenvalue weighted by Gasteiger charge is 2.28. The molecule has 0 saturated carbocycles. The number of hydrogen-bond acceptors (Lipinski definition) is 5. The molecule has 0 unspecified atom stereocenters. The first-order chi connectivity index (χ1) is 12.7. The maximum absolute atomic E-state index is 12.6. The molecule has 0 atom stereocenters. The van der Waals surface area contributed by atoms with Crippen molar-refractivity contribution in [2.75, 3.05) is 45.5 Å². The molecule has 0 aromatic carbocycles. The third-order valence-corrected chi connectivity index (χ3v) is 9.49. The number of hydrogen-bond donors (Lipinski definition) is 1. The Morgan fingerprint density at radius 1 is 1.33 bits per heavy atom. The Balaban J connectivity index is 1.93. The Hall–Kier alpha value is -0.770. The van der Waals surface area contributed by atoms with Crippen LogP contribution in [-0.4, -0.2) is 73.9 Å². The van der Waals surface area contributed by atoms with Gasteiger partial charge in [-0.1, -0.05) is 13.8 Å². The summed E-state index contributed by atoms with van der Waals surface area (Å²) in [5.41, 5.74) is 0. The first-order valence-corrected chi connectivity index (χ1v) is 12.7. The molecule has 27 heavy (non-hydrogen) atoms. The summed E-state index contributed by atoms with van der Waals surface area (Å²) in [6.07, 6.45) is 0.781. The predicted molar refractivity (Wildman–Crippen MR) is 118 cm³/mol. The van der Waals surface area contributed by atoms with E-state index in [0.29, 0.717) is 17.3 Å². The van der Waals surface area contributed by atoms with Gasteiger partial charge in [0.15, 0.2) is 5.96 Å². The van der Waals surface area contributed by atoms with Crippen LogP contribution in [0.5, 0.6) is 0 Å². The first-order valence-electron chi connectivity index (χ1n) is 9.42. The van der Waals surface area contributed by atoms with Crippen molar-refractivity contribution >= 4 is 39.1 Å². The highest BCUT2D eigenvalue weighted by molar-refractivity contribution is 8.00. The fourth-order valence-corrected chi connectivity index (χ4v) is 7.23. The van der Waals surface area contributed by atoms with Gasteiger partial charge in [-0.05, 0) is 32.4 Å². The second-order valence-electron chi connectivity index (χ2n) is 7.06. The maximum Gasteiger partial charge on any atom is 0.252 e. The van der Waals surface area contributed by atoms with Crippen molar-refractivity contribution in [2.24, 2.45) is 4.99 Å². The summed E-state index contributed by atoms with van der Waals surface area (Å²) in [4.78, 5) is 7.80. The third-order valence-electron chi connectivity index (χ3n) is 4.53. The second-order valence-corrected chi connectivity index (χ2v) is 12.2. The Labute approximate surface area is 172 Å². The summed E-state index contributed by atoms with van der Waals surface area (Å²) >= 11 is 3.37.